The van der Waals surface area contributed by atoms with Crippen LogP contribution in [0.25, 0.3) is 0 Å². The van der Waals surface area contributed by atoms with Crippen LogP contribution in [0.5, 0.6) is 0 Å². The van der Waals surface area contributed by atoms with E-state index in [0.29, 0.717) is 0 Å². The highest BCUT2D eigenvalue weighted by molar-refractivity contribution is 7.11. The molecule has 1 aliphatic rings. The lowest BCUT2D eigenvalue weighted by Crippen LogP contribution is -2.19. The van der Waals surface area contributed by atoms with Crippen LogP contribution in [0.4, 0.5) is 0 Å². The molecule has 0 aliphatic heterocycles. The largest absolute Gasteiger partial charge is 0.324 e. The second kappa shape index (κ2) is 5.43. The van der Waals surface area contributed by atoms with Crippen molar-refractivity contribution in [3.05, 3.63) is 34.3 Å². The predicted molar refractivity (Wildman–Crippen MR) is 77.4 cm³/mol. The van der Waals surface area contributed by atoms with E-state index in [-0.39, 0.29) is 6.04 Å². The molecule has 1 saturated carbocycles. The standard InChI is InChI=1S/C14H20N4S/c1-3-13-8-17-14(19-13)10(2)18-9-15-6-12(18)7-16-11-4-5-11/h6,8-11,16H,3-5,7H2,1-2H3. The van der Waals surface area contributed by atoms with Gasteiger partial charge in [0.05, 0.1) is 18.1 Å². The molecule has 0 aromatic carbocycles. The number of aryl methyl sites for hydroxylation is 1. The molecule has 1 fully saturated rings. The lowest BCUT2D eigenvalue weighted by atomic mass is 10.3. The van der Waals surface area contributed by atoms with Crippen molar-refractivity contribution in [2.45, 2.75) is 51.7 Å². The van der Waals surface area contributed by atoms with Gasteiger partial charge in [-0.15, -0.1) is 11.3 Å². The van der Waals surface area contributed by atoms with Gasteiger partial charge in [0.2, 0.25) is 0 Å². The van der Waals surface area contributed by atoms with Gasteiger partial charge in [-0.25, -0.2) is 9.97 Å². The van der Waals surface area contributed by atoms with E-state index in [1.54, 1.807) is 11.3 Å². The topological polar surface area (TPSA) is 42.7 Å². The summed E-state index contributed by atoms with van der Waals surface area (Å²) in [6.07, 6.45) is 9.56. The molecule has 102 valence electrons. The normalized spacial score (nSPS) is 16.7. The van der Waals surface area contributed by atoms with E-state index in [0.717, 1.165) is 19.0 Å². The van der Waals surface area contributed by atoms with Crippen molar-refractivity contribution in [1.82, 2.24) is 19.9 Å². The van der Waals surface area contributed by atoms with E-state index in [2.05, 4.69) is 33.7 Å². The van der Waals surface area contributed by atoms with Gasteiger partial charge in [0.25, 0.3) is 0 Å². The number of hydrogen-bond donors (Lipinski definition) is 1. The van der Waals surface area contributed by atoms with E-state index in [4.69, 9.17) is 0 Å². The number of nitrogens with one attached hydrogen (secondary N) is 1. The quantitative estimate of drug-likeness (QED) is 0.882. The van der Waals surface area contributed by atoms with Crippen molar-refractivity contribution in [3.8, 4) is 0 Å². The highest BCUT2D eigenvalue weighted by Gasteiger charge is 2.21. The number of nitrogens with zero attached hydrogens (tertiary/aromatic N) is 3. The molecule has 0 bridgehead atoms. The molecule has 3 rings (SSSR count). The van der Waals surface area contributed by atoms with Crippen LogP contribution in [-0.4, -0.2) is 20.6 Å². The minimum atomic E-state index is 0.267. The van der Waals surface area contributed by atoms with E-state index < -0.39 is 0 Å². The average Bonchev–Trinajstić information content (AvgIpc) is 2.95. The number of thiazole rings is 1. The van der Waals surface area contributed by atoms with Crippen molar-refractivity contribution in [2.75, 3.05) is 0 Å². The number of rotatable bonds is 6. The average molecular weight is 276 g/mol. The highest BCUT2D eigenvalue weighted by Crippen LogP contribution is 2.25. The maximum atomic E-state index is 4.54. The first kappa shape index (κ1) is 12.8. The molecule has 0 saturated heterocycles. The molecule has 0 radical (unpaired) electrons. The fourth-order valence-corrected chi connectivity index (χ4v) is 3.06. The zero-order chi connectivity index (χ0) is 13.2. The molecule has 0 spiro atoms. The summed E-state index contributed by atoms with van der Waals surface area (Å²) in [5.41, 5.74) is 1.24. The third-order valence-electron chi connectivity index (χ3n) is 3.59. The maximum absolute atomic E-state index is 4.54. The van der Waals surface area contributed by atoms with Crippen LogP contribution in [0.15, 0.2) is 18.7 Å². The Kier molecular flexibility index (Phi) is 3.66. The summed E-state index contributed by atoms with van der Waals surface area (Å²) in [6.45, 7) is 5.27. The summed E-state index contributed by atoms with van der Waals surface area (Å²) in [4.78, 5) is 10.2. The monoisotopic (exact) mass is 276 g/mol. The summed E-state index contributed by atoms with van der Waals surface area (Å²) < 4.78 is 2.23. The van der Waals surface area contributed by atoms with Crippen molar-refractivity contribution in [2.24, 2.45) is 0 Å². The Morgan fingerprint density at radius 1 is 1.47 bits per heavy atom. The Morgan fingerprint density at radius 2 is 2.32 bits per heavy atom. The summed E-state index contributed by atoms with van der Waals surface area (Å²) in [7, 11) is 0. The van der Waals surface area contributed by atoms with Crippen LogP contribution >= 0.6 is 11.3 Å². The molecule has 2 aromatic heterocycles. The van der Waals surface area contributed by atoms with Crippen molar-refractivity contribution >= 4 is 11.3 Å². The molecule has 1 N–H and O–H groups in total. The molecule has 2 heterocycles. The fraction of sp³-hybridized carbons (Fsp3) is 0.571. The van der Waals surface area contributed by atoms with Gasteiger partial charge in [0.1, 0.15) is 5.01 Å². The summed E-state index contributed by atoms with van der Waals surface area (Å²) in [6, 6.07) is 0.994. The van der Waals surface area contributed by atoms with Crippen molar-refractivity contribution in [1.29, 1.82) is 0 Å². The molecule has 19 heavy (non-hydrogen) atoms. The smallest absolute Gasteiger partial charge is 0.115 e. The molecular formula is C14H20N4S. The van der Waals surface area contributed by atoms with E-state index in [9.17, 15) is 0 Å². The third-order valence-corrected chi connectivity index (χ3v) is 4.90. The first-order valence-corrected chi connectivity index (χ1v) is 7.78. The van der Waals surface area contributed by atoms with Crippen molar-refractivity contribution < 1.29 is 0 Å². The fourth-order valence-electron chi connectivity index (χ4n) is 2.15. The molecule has 1 unspecified atom stereocenters. The highest BCUT2D eigenvalue weighted by atomic mass is 32.1. The van der Waals surface area contributed by atoms with E-state index in [1.807, 2.05) is 18.7 Å². The Bertz CT molecular complexity index is 541. The molecular weight excluding hydrogens is 256 g/mol. The molecule has 5 heteroatoms. The van der Waals surface area contributed by atoms with Crippen LogP contribution in [-0.2, 0) is 13.0 Å². The first-order chi connectivity index (χ1) is 9.28. The lowest BCUT2D eigenvalue weighted by Gasteiger charge is -2.14. The Morgan fingerprint density at radius 3 is 3.00 bits per heavy atom. The second-order valence-electron chi connectivity index (χ2n) is 5.14. The first-order valence-electron chi connectivity index (χ1n) is 6.96. The van der Waals surface area contributed by atoms with E-state index in [1.165, 1.54) is 28.4 Å². The van der Waals surface area contributed by atoms with Gasteiger partial charge in [-0.3, -0.25) is 0 Å². The molecule has 0 amide bonds. The van der Waals surface area contributed by atoms with Crippen LogP contribution in [0.1, 0.15) is 48.3 Å². The molecule has 4 nitrogen and oxygen atoms in total. The zero-order valence-electron chi connectivity index (χ0n) is 11.5. The molecule has 1 atom stereocenters. The minimum absolute atomic E-state index is 0.267. The van der Waals surface area contributed by atoms with Gasteiger partial charge < -0.3 is 9.88 Å². The lowest BCUT2D eigenvalue weighted by molar-refractivity contribution is 0.572. The Hall–Kier alpha value is -1.20. The van der Waals surface area contributed by atoms with Gasteiger partial charge >= 0.3 is 0 Å². The van der Waals surface area contributed by atoms with Crippen LogP contribution in [0.2, 0.25) is 0 Å². The van der Waals surface area contributed by atoms with Gasteiger partial charge in [0.15, 0.2) is 0 Å². The predicted octanol–water partition coefficient (Wildman–Crippen LogP) is 2.76. The van der Waals surface area contributed by atoms with E-state index >= 15 is 0 Å². The summed E-state index contributed by atoms with van der Waals surface area (Å²) in [5, 5.41) is 4.71. The van der Waals surface area contributed by atoms with Gasteiger partial charge in [-0.1, -0.05) is 6.92 Å². The number of aromatic nitrogens is 3. The molecule has 1 aliphatic carbocycles. The second-order valence-corrected chi connectivity index (χ2v) is 6.29. The van der Waals surface area contributed by atoms with Crippen LogP contribution in [0, 0.1) is 0 Å². The van der Waals surface area contributed by atoms with Crippen LogP contribution in [0.3, 0.4) is 0 Å². The zero-order valence-corrected chi connectivity index (χ0v) is 12.3. The molecule has 2 aromatic rings. The Balaban J connectivity index is 1.74. The Labute approximate surface area is 117 Å². The summed E-state index contributed by atoms with van der Waals surface area (Å²) in [5.74, 6) is 0. The number of hydrogen-bond acceptors (Lipinski definition) is 4. The van der Waals surface area contributed by atoms with Crippen molar-refractivity contribution in [3.63, 3.8) is 0 Å². The SMILES string of the molecule is CCc1cnc(C(C)n2cncc2CNC2CC2)s1. The number of imidazole rings is 1. The van der Waals surface area contributed by atoms with Crippen LogP contribution < -0.4 is 5.32 Å². The van der Waals surface area contributed by atoms with Gasteiger partial charge in [-0.2, -0.15) is 0 Å². The third kappa shape index (κ3) is 2.87. The van der Waals surface area contributed by atoms with Gasteiger partial charge in [-0.05, 0) is 26.2 Å². The summed E-state index contributed by atoms with van der Waals surface area (Å²) >= 11 is 1.80. The van der Waals surface area contributed by atoms with Gasteiger partial charge in [0, 0.05) is 29.9 Å². The minimum Gasteiger partial charge on any atom is -0.324 e. The maximum Gasteiger partial charge on any atom is 0.115 e.